The Balaban J connectivity index is 1.75. The van der Waals surface area contributed by atoms with Crippen LogP contribution >= 0.6 is 0 Å². The third-order valence-corrected chi connectivity index (χ3v) is 4.59. The van der Waals surface area contributed by atoms with Crippen molar-refractivity contribution < 1.29 is 9.59 Å². The van der Waals surface area contributed by atoms with Gasteiger partial charge in [-0.2, -0.15) is 0 Å². The number of hydrogen-bond donors (Lipinski definition) is 0. The van der Waals surface area contributed by atoms with E-state index in [2.05, 4.69) is 19.1 Å². The van der Waals surface area contributed by atoms with Gasteiger partial charge in [0.05, 0.1) is 0 Å². The molecule has 2 nitrogen and oxygen atoms in total. The first kappa shape index (κ1) is 15.3. The van der Waals surface area contributed by atoms with E-state index in [0.29, 0.717) is 22.3 Å². The van der Waals surface area contributed by atoms with Gasteiger partial charge in [-0.15, -0.1) is 0 Å². The summed E-state index contributed by atoms with van der Waals surface area (Å²) in [6, 6.07) is 20.6. The molecule has 0 N–H and O–H groups in total. The topological polar surface area (TPSA) is 34.1 Å². The summed E-state index contributed by atoms with van der Waals surface area (Å²) < 4.78 is 0. The van der Waals surface area contributed by atoms with Gasteiger partial charge in [-0.3, -0.25) is 9.59 Å². The number of carbonyl (C=O) groups is 2. The van der Waals surface area contributed by atoms with Crippen molar-refractivity contribution in [3.05, 3.63) is 106 Å². The lowest BCUT2D eigenvalue weighted by molar-refractivity contribution is 0.0979. The first-order chi connectivity index (χ1) is 12.1. The quantitative estimate of drug-likeness (QED) is 0.489. The predicted molar refractivity (Wildman–Crippen MR) is 99.9 cm³/mol. The molecule has 0 bridgehead atoms. The zero-order valence-corrected chi connectivity index (χ0v) is 13.8. The SMILES string of the molecule is Cc1ccccc1C=Cc1ccc2c(c1)C(=O)c1ccccc1C2=O. The molecule has 0 fully saturated rings. The van der Waals surface area contributed by atoms with Crippen LogP contribution in [0.3, 0.4) is 0 Å². The van der Waals surface area contributed by atoms with E-state index in [1.54, 1.807) is 36.4 Å². The van der Waals surface area contributed by atoms with Crippen molar-refractivity contribution >= 4 is 23.7 Å². The fourth-order valence-corrected chi connectivity index (χ4v) is 3.18. The second-order valence-electron chi connectivity index (χ2n) is 6.20. The van der Waals surface area contributed by atoms with E-state index in [4.69, 9.17) is 0 Å². The van der Waals surface area contributed by atoms with Gasteiger partial charge in [0.15, 0.2) is 11.6 Å². The first-order valence-corrected chi connectivity index (χ1v) is 8.21. The summed E-state index contributed by atoms with van der Waals surface area (Å²) in [4.78, 5) is 25.4. The average molecular weight is 324 g/mol. The highest BCUT2D eigenvalue weighted by Crippen LogP contribution is 2.28. The van der Waals surface area contributed by atoms with Gasteiger partial charge in [0, 0.05) is 22.3 Å². The molecule has 1 aliphatic carbocycles. The van der Waals surface area contributed by atoms with E-state index >= 15 is 0 Å². The molecule has 0 aromatic heterocycles. The fourth-order valence-electron chi connectivity index (χ4n) is 3.18. The Morgan fingerprint density at radius 3 is 1.96 bits per heavy atom. The maximum atomic E-state index is 12.8. The zero-order valence-electron chi connectivity index (χ0n) is 13.8. The summed E-state index contributed by atoms with van der Waals surface area (Å²) in [7, 11) is 0. The van der Waals surface area contributed by atoms with Crippen LogP contribution in [0.15, 0.2) is 66.7 Å². The Labute approximate surface area is 146 Å². The summed E-state index contributed by atoms with van der Waals surface area (Å²) in [5, 5.41) is 0. The smallest absolute Gasteiger partial charge is 0.194 e. The van der Waals surface area contributed by atoms with Crippen LogP contribution in [0.4, 0.5) is 0 Å². The summed E-state index contributed by atoms with van der Waals surface area (Å²) in [6.45, 7) is 2.06. The van der Waals surface area contributed by atoms with Crippen molar-refractivity contribution in [2.75, 3.05) is 0 Å². The first-order valence-electron chi connectivity index (χ1n) is 8.21. The molecule has 0 atom stereocenters. The standard InChI is InChI=1S/C23H16O2/c1-15-6-2-3-7-17(15)12-10-16-11-13-20-21(14-16)23(25)19-9-5-4-8-18(19)22(20)24/h2-14H,1H3. The summed E-state index contributed by atoms with van der Waals surface area (Å²) in [6.07, 6.45) is 4.00. The molecule has 0 unspecified atom stereocenters. The van der Waals surface area contributed by atoms with Gasteiger partial charge < -0.3 is 0 Å². The Kier molecular flexibility index (Phi) is 3.66. The van der Waals surface area contributed by atoms with Gasteiger partial charge in [0.2, 0.25) is 0 Å². The van der Waals surface area contributed by atoms with Crippen LogP contribution in [0.25, 0.3) is 12.2 Å². The summed E-state index contributed by atoms with van der Waals surface area (Å²) >= 11 is 0. The van der Waals surface area contributed by atoms with Crippen LogP contribution in [0.2, 0.25) is 0 Å². The number of aryl methyl sites for hydroxylation is 1. The lowest BCUT2D eigenvalue weighted by atomic mass is 9.83. The third kappa shape index (κ3) is 2.62. The van der Waals surface area contributed by atoms with Crippen LogP contribution in [0.5, 0.6) is 0 Å². The van der Waals surface area contributed by atoms with Crippen LogP contribution in [0, 0.1) is 6.92 Å². The van der Waals surface area contributed by atoms with Gasteiger partial charge in [-0.1, -0.05) is 66.7 Å². The van der Waals surface area contributed by atoms with E-state index in [1.807, 2.05) is 30.4 Å². The molecular formula is C23H16O2. The highest BCUT2D eigenvalue weighted by atomic mass is 16.1. The van der Waals surface area contributed by atoms with Gasteiger partial charge in [-0.25, -0.2) is 0 Å². The minimum Gasteiger partial charge on any atom is -0.289 e. The van der Waals surface area contributed by atoms with E-state index in [0.717, 1.165) is 11.1 Å². The van der Waals surface area contributed by atoms with Crippen LogP contribution < -0.4 is 0 Å². The molecule has 0 amide bonds. The molecule has 3 aromatic carbocycles. The molecule has 0 saturated heterocycles. The van der Waals surface area contributed by atoms with Crippen LogP contribution in [-0.4, -0.2) is 11.6 Å². The molecule has 0 spiro atoms. The van der Waals surface area contributed by atoms with Crippen LogP contribution in [0.1, 0.15) is 48.5 Å². The second kappa shape index (κ2) is 5.99. The molecule has 1 aliphatic rings. The fraction of sp³-hybridized carbons (Fsp3) is 0.0435. The minimum atomic E-state index is -0.0867. The molecule has 0 saturated carbocycles. The van der Waals surface area contributed by atoms with E-state index in [-0.39, 0.29) is 11.6 Å². The molecule has 3 aromatic rings. The van der Waals surface area contributed by atoms with E-state index in [1.165, 1.54) is 5.56 Å². The molecule has 120 valence electrons. The van der Waals surface area contributed by atoms with Crippen LogP contribution in [-0.2, 0) is 0 Å². The third-order valence-electron chi connectivity index (χ3n) is 4.59. The Bertz CT molecular complexity index is 1040. The molecule has 25 heavy (non-hydrogen) atoms. The monoisotopic (exact) mass is 324 g/mol. The molecule has 0 radical (unpaired) electrons. The number of fused-ring (bicyclic) bond motifs is 2. The average Bonchev–Trinajstić information content (AvgIpc) is 2.65. The van der Waals surface area contributed by atoms with Gasteiger partial charge in [0.25, 0.3) is 0 Å². The summed E-state index contributed by atoms with van der Waals surface area (Å²) in [5.74, 6) is -0.170. The number of rotatable bonds is 2. The normalized spacial score (nSPS) is 13.0. The molecule has 2 heteroatoms. The van der Waals surface area contributed by atoms with Crippen molar-refractivity contribution in [1.82, 2.24) is 0 Å². The largest absolute Gasteiger partial charge is 0.289 e. The Hall–Kier alpha value is -3.26. The molecule has 0 aliphatic heterocycles. The lowest BCUT2D eigenvalue weighted by Gasteiger charge is -2.17. The zero-order chi connectivity index (χ0) is 17.4. The number of ketones is 2. The van der Waals surface area contributed by atoms with Crippen molar-refractivity contribution in [2.45, 2.75) is 6.92 Å². The molecule has 4 rings (SSSR count). The van der Waals surface area contributed by atoms with Crippen molar-refractivity contribution in [3.63, 3.8) is 0 Å². The van der Waals surface area contributed by atoms with Crippen molar-refractivity contribution in [3.8, 4) is 0 Å². The van der Waals surface area contributed by atoms with Crippen molar-refractivity contribution in [1.29, 1.82) is 0 Å². The van der Waals surface area contributed by atoms with Gasteiger partial charge in [0.1, 0.15) is 0 Å². The number of hydrogen-bond acceptors (Lipinski definition) is 2. The number of benzene rings is 3. The molecular weight excluding hydrogens is 308 g/mol. The highest BCUT2D eigenvalue weighted by Gasteiger charge is 2.29. The maximum Gasteiger partial charge on any atom is 0.194 e. The predicted octanol–water partition coefficient (Wildman–Crippen LogP) is 4.94. The van der Waals surface area contributed by atoms with Crippen molar-refractivity contribution in [2.24, 2.45) is 0 Å². The Morgan fingerprint density at radius 2 is 1.24 bits per heavy atom. The molecule has 0 heterocycles. The highest BCUT2D eigenvalue weighted by molar-refractivity contribution is 6.28. The maximum absolute atomic E-state index is 12.8. The van der Waals surface area contributed by atoms with Gasteiger partial charge in [-0.05, 0) is 35.7 Å². The van der Waals surface area contributed by atoms with Gasteiger partial charge >= 0.3 is 0 Å². The van der Waals surface area contributed by atoms with E-state index in [9.17, 15) is 9.59 Å². The summed E-state index contributed by atoms with van der Waals surface area (Å²) in [5.41, 5.74) is 5.17. The Morgan fingerprint density at radius 1 is 0.640 bits per heavy atom. The number of carbonyl (C=O) groups excluding carboxylic acids is 2. The van der Waals surface area contributed by atoms with E-state index < -0.39 is 0 Å². The second-order valence-corrected chi connectivity index (χ2v) is 6.20. The minimum absolute atomic E-state index is 0.0837. The lowest BCUT2D eigenvalue weighted by Crippen LogP contribution is -2.20.